The van der Waals surface area contributed by atoms with Gasteiger partial charge in [0.2, 0.25) is 0 Å². The molecule has 0 aromatic carbocycles. The Morgan fingerprint density at radius 1 is 1.36 bits per heavy atom. The van der Waals surface area contributed by atoms with Crippen molar-refractivity contribution in [3.63, 3.8) is 0 Å². The Morgan fingerprint density at radius 3 is 2.68 bits per heavy atom. The van der Waals surface area contributed by atoms with E-state index in [1.165, 1.54) is 17.5 Å². The van der Waals surface area contributed by atoms with Gasteiger partial charge in [0.15, 0.2) is 11.7 Å². The molecule has 3 N–H and O–H groups in total. The Balaban J connectivity index is 0.00000392. The Hall–Kier alpha value is -2.04. The molecule has 1 amide bonds. The van der Waals surface area contributed by atoms with Crippen molar-refractivity contribution < 1.29 is 9.21 Å². The molecule has 156 valence electrons. The van der Waals surface area contributed by atoms with Gasteiger partial charge in [0.25, 0.3) is 5.91 Å². The lowest BCUT2D eigenvalue weighted by atomic mass is 10.1. The number of hydrogen-bond donors (Lipinski definition) is 3. The summed E-state index contributed by atoms with van der Waals surface area (Å²) >= 11 is 0. The molecule has 2 rings (SSSR count). The monoisotopic (exact) mass is 502 g/mol. The van der Waals surface area contributed by atoms with E-state index < -0.39 is 0 Å². The number of amides is 1. The number of aliphatic imine (C=N–C) groups is 1. The number of nitrogens with zero attached hydrogens (tertiary/aromatic N) is 3. The van der Waals surface area contributed by atoms with E-state index in [2.05, 4.69) is 39.9 Å². The Morgan fingerprint density at radius 2 is 2.11 bits per heavy atom. The molecule has 1 atom stereocenters. The second-order valence-corrected chi connectivity index (χ2v) is 6.52. The first-order valence-corrected chi connectivity index (χ1v) is 9.28. The number of aromatic nitrogens is 2. The number of carbonyl (C=O) groups is 1. The van der Waals surface area contributed by atoms with E-state index in [-0.39, 0.29) is 35.9 Å². The van der Waals surface area contributed by atoms with Crippen LogP contribution in [0.4, 0.5) is 0 Å². The van der Waals surface area contributed by atoms with Crippen LogP contribution in [0, 0.1) is 13.8 Å². The fourth-order valence-electron chi connectivity index (χ4n) is 2.86. The number of aryl methyl sites for hydroxylation is 2. The second kappa shape index (κ2) is 11.7. The molecule has 0 aliphatic heterocycles. The van der Waals surface area contributed by atoms with Gasteiger partial charge in [0, 0.05) is 31.9 Å². The highest BCUT2D eigenvalue weighted by Crippen LogP contribution is 2.14. The van der Waals surface area contributed by atoms with Crippen LogP contribution in [0.15, 0.2) is 27.8 Å². The molecule has 0 aliphatic carbocycles. The summed E-state index contributed by atoms with van der Waals surface area (Å²) in [5.74, 6) is 0.806. The molecule has 0 saturated heterocycles. The SMILES string of the molecule is CCNC(=NCCNC(=O)c1ccco1)NC(C)Cc1c(C)nn(C)c1C.I. The Labute approximate surface area is 183 Å². The van der Waals surface area contributed by atoms with Crippen LogP contribution < -0.4 is 16.0 Å². The van der Waals surface area contributed by atoms with Crippen molar-refractivity contribution in [2.45, 2.75) is 40.2 Å². The summed E-state index contributed by atoms with van der Waals surface area (Å²) in [6.07, 6.45) is 2.35. The van der Waals surface area contributed by atoms with Crippen molar-refractivity contribution in [1.82, 2.24) is 25.7 Å². The molecular weight excluding hydrogens is 471 g/mol. The minimum absolute atomic E-state index is 0. The number of rotatable bonds is 8. The summed E-state index contributed by atoms with van der Waals surface area (Å²) < 4.78 is 6.98. The van der Waals surface area contributed by atoms with Gasteiger partial charge in [-0.15, -0.1) is 24.0 Å². The fraction of sp³-hybridized carbons (Fsp3) is 0.526. The van der Waals surface area contributed by atoms with Crippen molar-refractivity contribution in [2.75, 3.05) is 19.6 Å². The predicted octanol–water partition coefficient (Wildman–Crippen LogP) is 2.16. The molecule has 2 heterocycles. The minimum Gasteiger partial charge on any atom is -0.459 e. The molecular formula is C19H31IN6O2. The number of carbonyl (C=O) groups excluding carboxylic acids is 1. The third kappa shape index (κ3) is 6.84. The van der Waals surface area contributed by atoms with Crippen molar-refractivity contribution in [3.8, 4) is 0 Å². The maximum atomic E-state index is 11.8. The highest BCUT2D eigenvalue weighted by Gasteiger charge is 2.14. The second-order valence-electron chi connectivity index (χ2n) is 6.52. The first-order chi connectivity index (χ1) is 12.9. The van der Waals surface area contributed by atoms with Gasteiger partial charge in [-0.25, -0.2) is 0 Å². The average Bonchev–Trinajstić information content (AvgIpc) is 3.24. The average molecular weight is 502 g/mol. The first kappa shape index (κ1) is 24.0. The number of furan rings is 1. The molecule has 0 spiro atoms. The normalized spacial score (nSPS) is 12.2. The van der Waals surface area contributed by atoms with Gasteiger partial charge in [0.05, 0.1) is 18.5 Å². The predicted molar refractivity (Wildman–Crippen MR) is 121 cm³/mol. The van der Waals surface area contributed by atoms with E-state index >= 15 is 0 Å². The van der Waals surface area contributed by atoms with Gasteiger partial charge in [-0.3, -0.25) is 14.5 Å². The van der Waals surface area contributed by atoms with Crippen LogP contribution in [0.2, 0.25) is 0 Å². The third-order valence-electron chi connectivity index (χ3n) is 4.31. The van der Waals surface area contributed by atoms with Gasteiger partial charge in [-0.2, -0.15) is 5.10 Å². The number of guanidine groups is 1. The zero-order valence-corrected chi connectivity index (χ0v) is 19.5. The van der Waals surface area contributed by atoms with E-state index in [0.717, 1.165) is 24.6 Å². The van der Waals surface area contributed by atoms with Gasteiger partial charge in [0.1, 0.15) is 0 Å². The van der Waals surface area contributed by atoms with Gasteiger partial charge >= 0.3 is 0 Å². The van der Waals surface area contributed by atoms with Crippen molar-refractivity contribution in [2.24, 2.45) is 12.0 Å². The smallest absolute Gasteiger partial charge is 0.287 e. The van der Waals surface area contributed by atoms with E-state index in [1.54, 1.807) is 12.1 Å². The Bertz CT molecular complexity index is 770. The van der Waals surface area contributed by atoms with Crippen molar-refractivity contribution >= 4 is 35.8 Å². The lowest BCUT2D eigenvalue weighted by molar-refractivity contribution is 0.0927. The van der Waals surface area contributed by atoms with Crippen molar-refractivity contribution in [1.29, 1.82) is 0 Å². The molecule has 2 aromatic heterocycles. The van der Waals surface area contributed by atoms with Crippen LogP contribution in [0.1, 0.15) is 41.4 Å². The summed E-state index contributed by atoms with van der Waals surface area (Å²) in [6.45, 7) is 9.94. The van der Waals surface area contributed by atoms with Gasteiger partial charge in [-0.1, -0.05) is 0 Å². The highest BCUT2D eigenvalue weighted by atomic mass is 127. The minimum atomic E-state index is -0.232. The lowest BCUT2D eigenvalue weighted by Crippen LogP contribution is -2.43. The molecule has 8 nitrogen and oxygen atoms in total. The van der Waals surface area contributed by atoms with E-state index in [0.29, 0.717) is 18.8 Å². The first-order valence-electron chi connectivity index (χ1n) is 9.28. The number of nitrogens with one attached hydrogen (secondary N) is 3. The molecule has 9 heteroatoms. The topological polar surface area (TPSA) is 96.5 Å². The van der Waals surface area contributed by atoms with Gasteiger partial charge < -0.3 is 20.4 Å². The molecule has 0 aliphatic rings. The van der Waals surface area contributed by atoms with E-state index in [1.807, 2.05) is 25.6 Å². The summed E-state index contributed by atoms with van der Waals surface area (Å²) in [6, 6.07) is 3.52. The molecule has 0 fully saturated rings. The number of halogens is 1. The summed E-state index contributed by atoms with van der Waals surface area (Å²) in [5, 5.41) is 13.9. The fourth-order valence-corrected chi connectivity index (χ4v) is 2.86. The highest BCUT2D eigenvalue weighted by molar-refractivity contribution is 14.0. The van der Waals surface area contributed by atoms with E-state index in [9.17, 15) is 4.79 Å². The van der Waals surface area contributed by atoms with Crippen LogP contribution in [-0.2, 0) is 13.5 Å². The van der Waals surface area contributed by atoms with Crippen LogP contribution in [0.3, 0.4) is 0 Å². The Kier molecular flexibility index (Phi) is 10.0. The lowest BCUT2D eigenvalue weighted by Gasteiger charge is -2.18. The maximum absolute atomic E-state index is 11.8. The molecule has 28 heavy (non-hydrogen) atoms. The number of hydrogen-bond acceptors (Lipinski definition) is 4. The van der Waals surface area contributed by atoms with Gasteiger partial charge in [-0.05, 0) is 51.8 Å². The van der Waals surface area contributed by atoms with Crippen molar-refractivity contribution in [3.05, 3.63) is 41.1 Å². The third-order valence-corrected chi connectivity index (χ3v) is 4.31. The maximum Gasteiger partial charge on any atom is 0.287 e. The largest absolute Gasteiger partial charge is 0.459 e. The van der Waals surface area contributed by atoms with E-state index in [4.69, 9.17) is 4.42 Å². The summed E-state index contributed by atoms with van der Waals surface area (Å²) in [7, 11) is 1.96. The molecule has 0 radical (unpaired) electrons. The summed E-state index contributed by atoms with van der Waals surface area (Å²) in [5.41, 5.74) is 3.51. The quantitative estimate of drug-likeness (QED) is 0.223. The molecule has 0 bridgehead atoms. The van der Waals surface area contributed by atoms with Crippen LogP contribution in [0.25, 0.3) is 0 Å². The standard InChI is InChI=1S/C19H30N6O2.HI/c1-6-20-19(22-10-9-21-18(26)17-8-7-11-27-17)23-13(2)12-16-14(3)24-25(5)15(16)4;/h7-8,11,13H,6,9-10,12H2,1-5H3,(H,21,26)(H2,20,22,23);1H. The molecule has 1 unspecified atom stereocenters. The van der Waals surface area contributed by atoms with Crippen LogP contribution in [0.5, 0.6) is 0 Å². The summed E-state index contributed by atoms with van der Waals surface area (Å²) in [4.78, 5) is 16.4. The van der Waals surface area contributed by atoms with Crippen LogP contribution in [-0.4, -0.2) is 47.3 Å². The zero-order valence-electron chi connectivity index (χ0n) is 17.2. The molecule has 0 saturated carbocycles. The molecule has 2 aromatic rings. The van der Waals surface area contributed by atoms with Crippen LogP contribution >= 0.6 is 24.0 Å². The zero-order chi connectivity index (χ0) is 19.8.